The van der Waals surface area contributed by atoms with Gasteiger partial charge in [0.05, 0.1) is 17.4 Å². The molecule has 0 fully saturated rings. The van der Waals surface area contributed by atoms with Crippen LogP contribution in [0.4, 0.5) is 5.69 Å². The van der Waals surface area contributed by atoms with E-state index in [4.69, 9.17) is 0 Å². The summed E-state index contributed by atoms with van der Waals surface area (Å²) in [5, 5.41) is 2.35. The van der Waals surface area contributed by atoms with E-state index in [1.807, 2.05) is 0 Å². The first-order valence-corrected chi connectivity index (χ1v) is 17.1. The number of nitrogens with one attached hydrogen (secondary N) is 1. The van der Waals surface area contributed by atoms with E-state index < -0.39 is 0 Å². The number of hydrogen-bond acceptors (Lipinski definition) is 2. The van der Waals surface area contributed by atoms with Crippen molar-refractivity contribution in [2.24, 2.45) is 0 Å². The number of hydrazine groups is 1. The van der Waals surface area contributed by atoms with E-state index in [0.717, 1.165) is 12.1 Å². The highest BCUT2D eigenvalue weighted by atomic mass is 15.5. The van der Waals surface area contributed by atoms with Gasteiger partial charge in [-0.05, 0) is 97.7 Å². The van der Waals surface area contributed by atoms with Crippen molar-refractivity contribution < 1.29 is 0 Å². The Morgan fingerprint density at radius 3 is 1.53 bits per heavy atom. The number of benzene rings is 3. The largest absolute Gasteiger partial charge is 0.298 e. The van der Waals surface area contributed by atoms with Crippen molar-refractivity contribution in [1.82, 2.24) is 5.43 Å². The van der Waals surface area contributed by atoms with E-state index in [-0.39, 0.29) is 27.7 Å². The number of allylic oxidation sites excluding steroid dienone is 1. The van der Waals surface area contributed by atoms with Crippen LogP contribution >= 0.6 is 0 Å². The molecule has 0 aromatic heterocycles. The molecule has 2 heteroatoms. The quantitative estimate of drug-likeness (QED) is 0.289. The molecule has 1 atom stereocenters. The minimum absolute atomic E-state index is 0.0586. The molecule has 2 nitrogen and oxygen atoms in total. The van der Waals surface area contributed by atoms with Gasteiger partial charge < -0.3 is 0 Å². The molecule has 0 bridgehead atoms. The van der Waals surface area contributed by atoms with Crippen LogP contribution in [0.2, 0.25) is 0 Å². The van der Waals surface area contributed by atoms with Crippen LogP contribution < -0.4 is 10.4 Å². The van der Waals surface area contributed by atoms with Gasteiger partial charge in [-0.25, -0.2) is 0 Å². The molecular weight excluding hydrogens is 544 g/mol. The lowest BCUT2D eigenvalue weighted by atomic mass is 9.79. The molecule has 1 aliphatic heterocycles. The summed E-state index contributed by atoms with van der Waals surface area (Å²) < 4.78 is 0. The van der Waals surface area contributed by atoms with Crippen molar-refractivity contribution in [2.45, 2.75) is 137 Å². The third-order valence-electron chi connectivity index (χ3n) is 9.07. The van der Waals surface area contributed by atoms with Gasteiger partial charge in [0.15, 0.2) is 0 Å². The predicted octanol–water partition coefficient (Wildman–Crippen LogP) is 11.9. The topological polar surface area (TPSA) is 15.3 Å². The lowest BCUT2D eigenvalue weighted by Crippen LogP contribution is -2.34. The van der Waals surface area contributed by atoms with Gasteiger partial charge in [-0.15, -0.1) is 0 Å². The molecule has 0 saturated carbocycles. The van der Waals surface area contributed by atoms with Crippen LogP contribution in [0.1, 0.15) is 148 Å². The molecule has 0 amide bonds. The SMILES string of the molecule is CCCCc1ccc(N2NC(C=Cc3cc(C(C)(C)C)cc(C(C)(C)C)c3)=CC2c2cc(C(C)(C)C)cc(C(C)(C)C)c2)cc1. The molecule has 0 spiro atoms. The summed E-state index contributed by atoms with van der Waals surface area (Å²) in [6, 6.07) is 23.6. The summed E-state index contributed by atoms with van der Waals surface area (Å²) in [4.78, 5) is 0. The standard InChI is InChI=1S/C43H60N2/c1-14-15-16-30-18-21-38(22-19-30)45-39(32-25-35(42(8,9)10)28-36(26-32)43(11,12)13)29-37(44-45)20-17-31-23-33(40(2,3)4)27-34(24-31)41(5,6)7/h17-29,39,44H,14-16H2,1-13H3. The second-order valence-electron chi connectivity index (χ2n) is 17.3. The van der Waals surface area contributed by atoms with Crippen molar-refractivity contribution in [2.75, 3.05) is 5.01 Å². The van der Waals surface area contributed by atoms with Crippen LogP contribution in [0.15, 0.2) is 78.5 Å². The first-order valence-electron chi connectivity index (χ1n) is 17.1. The second kappa shape index (κ2) is 12.9. The smallest absolute Gasteiger partial charge is 0.0958 e. The molecule has 3 aromatic rings. The molecule has 0 saturated heterocycles. The average molecular weight is 605 g/mol. The van der Waals surface area contributed by atoms with E-state index >= 15 is 0 Å². The van der Waals surface area contributed by atoms with Gasteiger partial charge >= 0.3 is 0 Å². The highest BCUT2D eigenvalue weighted by Gasteiger charge is 2.29. The van der Waals surface area contributed by atoms with Crippen molar-refractivity contribution in [3.05, 3.63) is 117 Å². The number of aryl methyl sites for hydroxylation is 1. The van der Waals surface area contributed by atoms with Crippen LogP contribution in [0, 0.1) is 0 Å². The Hall–Kier alpha value is -3.26. The normalized spacial score (nSPS) is 16.3. The molecule has 1 aliphatic rings. The first-order chi connectivity index (χ1) is 20.8. The maximum absolute atomic E-state index is 3.80. The molecule has 45 heavy (non-hydrogen) atoms. The third kappa shape index (κ3) is 8.72. The van der Waals surface area contributed by atoms with Crippen LogP contribution in [0.5, 0.6) is 0 Å². The summed E-state index contributed by atoms with van der Waals surface area (Å²) in [5.41, 5.74) is 15.9. The fourth-order valence-corrected chi connectivity index (χ4v) is 5.75. The number of hydrogen-bond donors (Lipinski definition) is 1. The maximum atomic E-state index is 3.80. The minimum atomic E-state index is 0.0586. The third-order valence-corrected chi connectivity index (χ3v) is 9.07. The average Bonchev–Trinajstić information content (AvgIpc) is 3.37. The zero-order chi connectivity index (χ0) is 33.4. The minimum Gasteiger partial charge on any atom is -0.298 e. The molecule has 242 valence electrons. The Morgan fingerprint density at radius 2 is 1.09 bits per heavy atom. The zero-order valence-corrected chi connectivity index (χ0v) is 30.7. The van der Waals surface area contributed by atoms with Gasteiger partial charge in [0.2, 0.25) is 0 Å². The van der Waals surface area contributed by atoms with E-state index in [9.17, 15) is 0 Å². The van der Waals surface area contributed by atoms with E-state index in [0.29, 0.717) is 0 Å². The molecule has 3 aromatic carbocycles. The predicted molar refractivity (Wildman–Crippen MR) is 198 cm³/mol. The Kier molecular flexibility index (Phi) is 9.89. The highest BCUT2D eigenvalue weighted by Crippen LogP contribution is 2.38. The number of anilines is 1. The van der Waals surface area contributed by atoms with Crippen LogP contribution in [0.25, 0.3) is 6.08 Å². The Morgan fingerprint density at radius 1 is 0.622 bits per heavy atom. The van der Waals surface area contributed by atoms with Gasteiger partial charge in [-0.3, -0.25) is 10.4 Å². The summed E-state index contributed by atoms with van der Waals surface area (Å²) in [7, 11) is 0. The Balaban J connectivity index is 1.80. The number of nitrogens with zero attached hydrogens (tertiary/aromatic N) is 1. The lowest BCUT2D eigenvalue weighted by Gasteiger charge is -2.31. The van der Waals surface area contributed by atoms with Gasteiger partial charge in [0.1, 0.15) is 0 Å². The van der Waals surface area contributed by atoms with Crippen LogP contribution in [0.3, 0.4) is 0 Å². The molecule has 4 rings (SSSR count). The van der Waals surface area contributed by atoms with Crippen LogP contribution in [-0.4, -0.2) is 0 Å². The summed E-state index contributed by atoms with van der Waals surface area (Å²) >= 11 is 0. The van der Waals surface area contributed by atoms with Crippen molar-refractivity contribution in [1.29, 1.82) is 0 Å². The Labute approximate surface area is 276 Å². The van der Waals surface area contributed by atoms with E-state index in [1.54, 1.807) is 0 Å². The summed E-state index contributed by atoms with van der Waals surface area (Å²) in [6.07, 6.45) is 10.5. The van der Waals surface area contributed by atoms with Crippen molar-refractivity contribution in [3.8, 4) is 0 Å². The first kappa shape index (κ1) is 34.6. The highest BCUT2D eigenvalue weighted by molar-refractivity contribution is 5.60. The van der Waals surface area contributed by atoms with Gasteiger partial charge in [0.25, 0.3) is 0 Å². The molecule has 0 aliphatic carbocycles. The molecule has 0 radical (unpaired) electrons. The zero-order valence-electron chi connectivity index (χ0n) is 30.7. The van der Waals surface area contributed by atoms with Crippen molar-refractivity contribution in [3.63, 3.8) is 0 Å². The molecule has 1 heterocycles. The van der Waals surface area contributed by atoms with Gasteiger partial charge in [0, 0.05) is 0 Å². The van der Waals surface area contributed by atoms with Crippen molar-refractivity contribution >= 4 is 11.8 Å². The maximum Gasteiger partial charge on any atom is 0.0958 e. The molecule has 1 N–H and O–H groups in total. The van der Waals surface area contributed by atoms with Gasteiger partial charge in [-0.1, -0.05) is 151 Å². The number of rotatable bonds is 7. The fourth-order valence-electron chi connectivity index (χ4n) is 5.75. The Bertz CT molecular complexity index is 1460. The number of unbranched alkanes of at least 4 members (excludes halogenated alkanes) is 1. The fraction of sp³-hybridized carbons (Fsp3) is 0.488. The van der Waals surface area contributed by atoms with Crippen LogP contribution in [-0.2, 0) is 28.1 Å². The molecule has 1 unspecified atom stereocenters. The van der Waals surface area contributed by atoms with E-state index in [1.165, 1.54) is 57.5 Å². The lowest BCUT2D eigenvalue weighted by molar-refractivity contribution is 0.564. The second-order valence-corrected chi connectivity index (χ2v) is 17.3. The molecular formula is C43H60N2. The van der Waals surface area contributed by atoms with Gasteiger partial charge in [-0.2, -0.15) is 0 Å². The summed E-state index contributed by atoms with van der Waals surface area (Å²) in [5.74, 6) is 0. The van der Waals surface area contributed by atoms with E-state index in [2.05, 4.69) is 179 Å². The monoisotopic (exact) mass is 604 g/mol. The summed E-state index contributed by atoms with van der Waals surface area (Å²) in [6.45, 7) is 30.0.